The quantitative estimate of drug-likeness (QED) is 0.541. The SMILES string of the molecule is CC1(C)CCC(=O)[C@]2(C)CC2C1. The molecule has 0 aliphatic heterocycles. The van der Waals surface area contributed by atoms with Crippen LogP contribution >= 0.6 is 0 Å². The lowest BCUT2D eigenvalue weighted by molar-refractivity contribution is -0.123. The maximum atomic E-state index is 11.7. The van der Waals surface area contributed by atoms with E-state index in [4.69, 9.17) is 0 Å². The van der Waals surface area contributed by atoms with Gasteiger partial charge in [-0.15, -0.1) is 0 Å². The van der Waals surface area contributed by atoms with E-state index in [2.05, 4.69) is 20.8 Å². The van der Waals surface area contributed by atoms with Crippen LogP contribution in [-0.2, 0) is 4.79 Å². The van der Waals surface area contributed by atoms with Gasteiger partial charge < -0.3 is 0 Å². The average Bonchev–Trinajstić information content (AvgIpc) is 2.57. The lowest BCUT2D eigenvalue weighted by atomic mass is 9.84. The van der Waals surface area contributed by atoms with Crippen LogP contribution in [0.2, 0.25) is 0 Å². The summed E-state index contributed by atoms with van der Waals surface area (Å²) in [6.45, 7) is 6.75. The van der Waals surface area contributed by atoms with Crippen LogP contribution in [0.25, 0.3) is 0 Å². The van der Waals surface area contributed by atoms with Crippen molar-refractivity contribution in [3.8, 4) is 0 Å². The number of rotatable bonds is 0. The second kappa shape index (κ2) is 2.12. The molecule has 0 amide bonds. The van der Waals surface area contributed by atoms with Crippen LogP contribution in [0.5, 0.6) is 0 Å². The smallest absolute Gasteiger partial charge is 0.139 e. The zero-order valence-electron chi connectivity index (χ0n) is 8.31. The highest BCUT2D eigenvalue weighted by atomic mass is 16.1. The molecule has 2 rings (SSSR count). The minimum Gasteiger partial charge on any atom is -0.299 e. The first-order valence-corrected chi connectivity index (χ1v) is 4.97. The molecule has 0 bridgehead atoms. The second-order valence-corrected chi connectivity index (χ2v) is 5.61. The minimum absolute atomic E-state index is 0.105. The van der Waals surface area contributed by atoms with Gasteiger partial charge in [0.05, 0.1) is 0 Å². The van der Waals surface area contributed by atoms with Crippen LogP contribution in [0, 0.1) is 16.7 Å². The molecular formula is C11H18O. The summed E-state index contributed by atoms with van der Waals surface area (Å²) in [5, 5.41) is 0. The van der Waals surface area contributed by atoms with Crippen molar-refractivity contribution >= 4 is 5.78 Å². The number of fused-ring (bicyclic) bond motifs is 1. The molecule has 2 aliphatic rings. The van der Waals surface area contributed by atoms with E-state index in [-0.39, 0.29) is 5.41 Å². The maximum Gasteiger partial charge on any atom is 0.139 e. The summed E-state index contributed by atoms with van der Waals surface area (Å²) in [7, 11) is 0. The first-order valence-electron chi connectivity index (χ1n) is 4.97. The van der Waals surface area contributed by atoms with Gasteiger partial charge in [0.25, 0.3) is 0 Å². The van der Waals surface area contributed by atoms with Gasteiger partial charge in [-0.1, -0.05) is 20.8 Å². The summed E-state index contributed by atoms with van der Waals surface area (Å²) in [5.41, 5.74) is 0.516. The molecule has 0 radical (unpaired) electrons. The number of carbonyl (C=O) groups is 1. The summed E-state index contributed by atoms with van der Waals surface area (Å²) in [6.07, 6.45) is 4.34. The topological polar surface area (TPSA) is 17.1 Å². The van der Waals surface area contributed by atoms with Crippen molar-refractivity contribution in [1.29, 1.82) is 0 Å². The molecule has 0 aromatic rings. The van der Waals surface area contributed by atoms with Crippen LogP contribution in [0.15, 0.2) is 0 Å². The zero-order valence-corrected chi connectivity index (χ0v) is 8.31. The summed E-state index contributed by atoms with van der Waals surface area (Å²) in [6, 6.07) is 0. The Bertz CT molecular complexity index is 229. The van der Waals surface area contributed by atoms with Gasteiger partial charge in [0, 0.05) is 11.8 Å². The summed E-state index contributed by atoms with van der Waals surface area (Å²) in [5.74, 6) is 1.24. The largest absolute Gasteiger partial charge is 0.299 e. The first-order chi connectivity index (χ1) is 5.44. The molecule has 2 saturated carbocycles. The lowest BCUT2D eigenvalue weighted by Gasteiger charge is -2.21. The van der Waals surface area contributed by atoms with Gasteiger partial charge in [-0.2, -0.15) is 0 Å². The van der Waals surface area contributed by atoms with E-state index in [9.17, 15) is 4.79 Å². The van der Waals surface area contributed by atoms with Crippen molar-refractivity contribution in [2.45, 2.75) is 46.5 Å². The minimum atomic E-state index is 0.105. The van der Waals surface area contributed by atoms with Crippen LogP contribution < -0.4 is 0 Å². The van der Waals surface area contributed by atoms with Crippen molar-refractivity contribution < 1.29 is 4.79 Å². The molecule has 0 aromatic carbocycles. The molecular weight excluding hydrogens is 148 g/mol. The highest BCUT2D eigenvalue weighted by Gasteiger charge is 2.57. The predicted octanol–water partition coefficient (Wildman–Crippen LogP) is 2.79. The third-order valence-corrected chi connectivity index (χ3v) is 3.88. The molecule has 0 aromatic heterocycles. The Labute approximate surface area is 74.5 Å². The Balaban J connectivity index is 2.18. The van der Waals surface area contributed by atoms with Gasteiger partial charge in [-0.05, 0) is 30.6 Å². The van der Waals surface area contributed by atoms with Crippen molar-refractivity contribution in [3.63, 3.8) is 0 Å². The van der Waals surface area contributed by atoms with Gasteiger partial charge in [-0.3, -0.25) is 4.79 Å². The zero-order chi connectivity index (χ0) is 8.98. The molecule has 1 unspecified atom stereocenters. The number of carbonyl (C=O) groups excluding carboxylic acids is 1. The lowest BCUT2D eigenvalue weighted by Crippen LogP contribution is -2.12. The summed E-state index contributed by atoms with van der Waals surface area (Å²) in [4.78, 5) is 11.7. The highest BCUT2D eigenvalue weighted by molar-refractivity contribution is 5.87. The van der Waals surface area contributed by atoms with E-state index >= 15 is 0 Å². The van der Waals surface area contributed by atoms with E-state index in [0.717, 1.165) is 19.3 Å². The molecule has 0 heterocycles. The molecule has 0 N–H and O–H groups in total. The van der Waals surface area contributed by atoms with Gasteiger partial charge >= 0.3 is 0 Å². The predicted molar refractivity (Wildman–Crippen MR) is 48.9 cm³/mol. The van der Waals surface area contributed by atoms with Crippen molar-refractivity contribution in [2.75, 3.05) is 0 Å². The van der Waals surface area contributed by atoms with Crippen LogP contribution in [0.4, 0.5) is 0 Å². The van der Waals surface area contributed by atoms with Crippen LogP contribution in [0.3, 0.4) is 0 Å². The molecule has 1 heteroatoms. The van der Waals surface area contributed by atoms with Crippen LogP contribution in [0.1, 0.15) is 46.5 Å². The summed E-state index contributed by atoms with van der Waals surface area (Å²) < 4.78 is 0. The number of Topliss-reactive ketones (excluding diaryl/α,β-unsaturated/α-hetero) is 1. The fourth-order valence-electron chi connectivity index (χ4n) is 2.60. The molecule has 68 valence electrons. The number of hydrogen-bond acceptors (Lipinski definition) is 1. The molecule has 2 fully saturated rings. The normalized spacial score (nSPS) is 44.9. The van der Waals surface area contributed by atoms with E-state index in [0.29, 0.717) is 17.1 Å². The van der Waals surface area contributed by atoms with E-state index < -0.39 is 0 Å². The van der Waals surface area contributed by atoms with Gasteiger partial charge in [-0.25, -0.2) is 0 Å². The number of hydrogen-bond donors (Lipinski definition) is 0. The Morgan fingerprint density at radius 1 is 1.25 bits per heavy atom. The Kier molecular flexibility index (Phi) is 1.47. The van der Waals surface area contributed by atoms with Gasteiger partial charge in [0.15, 0.2) is 0 Å². The summed E-state index contributed by atoms with van der Waals surface area (Å²) >= 11 is 0. The van der Waals surface area contributed by atoms with Crippen molar-refractivity contribution in [1.82, 2.24) is 0 Å². The third-order valence-electron chi connectivity index (χ3n) is 3.88. The number of ketones is 1. The van der Waals surface area contributed by atoms with Gasteiger partial charge in [0.2, 0.25) is 0 Å². The fourth-order valence-corrected chi connectivity index (χ4v) is 2.60. The van der Waals surface area contributed by atoms with E-state index in [1.807, 2.05) is 0 Å². The fraction of sp³-hybridized carbons (Fsp3) is 0.909. The molecule has 2 aliphatic carbocycles. The first kappa shape index (κ1) is 8.28. The van der Waals surface area contributed by atoms with Crippen molar-refractivity contribution in [3.05, 3.63) is 0 Å². The monoisotopic (exact) mass is 166 g/mol. The standard InChI is InChI=1S/C11H18O/c1-10(2)5-4-9(12)11(3)7-8(11)6-10/h8H,4-7H2,1-3H3/t8?,11-/m1/s1. The Hall–Kier alpha value is -0.330. The molecule has 1 nitrogen and oxygen atoms in total. The van der Waals surface area contributed by atoms with Crippen LogP contribution in [-0.4, -0.2) is 5.78 Å². The second-order valence-electron chi connectivity index (χ2n) is 5.61. The highest BCUT2D eigenvalue weighted by Crippen LogP contribution is 2.60. The van der Waals surface area contributed by atoms with Crippen molar-refractivity contribution in [2.24, 2.45) is 16.7 Å². The Morgan fingerprint density at radius 3 is 2.58 bits per heavy atom. The third kappa shape index (κ3) is 1.10. The maximum absolute atomic E-state index is 11.7. The van der Waals surface area contributed by atoms with E-state index in [1.54, 1.807) is 0 Å². The van der Waals surface area contributed by atoms with E-state index in [1.165, 1.54) is 6.42 Å². The molecule has 2 atom stereocenters. The van der Waals surface area contributed by atoms with Gasteiger partial charge in [0.1, 0.15) is 5.78 Å². The Morgan fingerprint density at radius 2 is 1.92 bits per heavy atom. The molecule has 0 spiro atoms. The molecule has 0 saturated heterocycles. The molecule has 12 heavy (non-hydrogen) atoms. The average molecular weight is 166 g/mol.